The Labute approximate surface area is 215 Å². The normalized spacial score (nSPS) is 18.5. The Hall–Kier alpha value is -2.38. The summed E-state index contributed by atoms with van der Waals surface area (Å²) in [4.78, 5) is 26.6. The molecule has 0 radical (unpaired) electrons. The summed E-state index contributed by atoms with van der Waals surface area (Å²) >= 11 is 1.39. The molecule has 1 saturated carbocycles. The lowest BCUT2D eigenvalue weighted by atomic mass is 10.1. The first-order chi connectivity index (χ1) is 17.4. The van der Waals surface area contributed by atoms with E-state index in [0.29, 0.717) is 56.3 Å². The fourth-order valence-corrected chi connectivity index (χ4v) is 6.21. The number of ether oxygens (including phenoxy) is 2. The van der Waals surface area contributed by atoms with Crippen LogP contribution in [0.25, 0.3) is 0 Å². The van der Waals surface area contributed by atoms with Gasteiger partial charge in [0.15, 0.2) is 26.8 Å². The number of oxime groups is 1. The van der Waals surface area contributed by atoms with E-state index in [2.05, 4.69) is 27.3 Å². The number of thiazole rings is 1. The zero-order valence-corrected chi connectivity index (χ0v) is 22.1. The van der Waals surface area contributed by atoms with Gasteiger partial charge in [-0.2, -0.15) is 0 Å². The van der Waals surface area contributed by atoms with Crippen LogP contribution in [0.15, 0.2) is 40.5 Å². The molecular formula is C24H32N4O6S2. The van der Waals surface area contributed by atoms with Gasteiger partial charge in [-0.15, -0.1) is 11.3 Å². The number of carbonyl (C=O) groups excluding carboxylic acids is 1. The first kappa shape index (κ1) is 26.7. The molecule has 1 aromatic carbocycles. The molecule has 4 rings (SSSR count). The number of methoxy groups -OCH3 is 1. The van der Waals surface area contributed by atoms with Gasteiger partial charge in [0.25, 0.3) is 5.91 Å². The summed E-state index contributed by atoms with van der Waals surface area (Å²) in [6.45, 7) is 6.09. The Balaban J connectivity index is 1.48. The van der Waals surface area contributed by atoms with E-state index in [1.165, 1.54) is 23.5 Å². The molecule has 1 amide bonds. The molecule has 2 aliphatic rings. The lowest BCUT2D eigenvalue weighted by molar-refractivity contribution is -0.110. The number of nitrogens with zero attached hydrogens (tertiary/aromatic N) is 3. The van der Waals surface area contributed by atoms with Gasteiger partial charge >= 0.3 is 0 Å². The van der Waals surface area contributed by atoms with Gasteiger partial charge < -0.3 is 14.3 Å². The Morgan fingerprint density at radius 3 is 2.69 bits per heavy atom. The Bertz CT molecular complexity index is 1160. The fourth-order valence-electron chi connectivity index (χ4n) is 3.71. The number of carbonyl (C=O) groups is 1. The quantitative estimate of drug-likeness (QED) is 0.307. The molecule has 2 aromatic rings. The van der Waals surface area contributed by atoms with E-state index < -0.39 is 15.7 Å². The van der Waals surface area contributed by atoms with Crippen LogP contribution in [0, 0.1) is 0 Å². The van der Waals surface area contributed by atoms with Gasteiger partial charge in [-0.05, 0) is 31.5 Å². The third kappa shape index (κ3) is 6.88. The van der Waals surface area contributed by atoms with E-state index in [1.54, 1.807) is 25.4 Å². The summed E-state index contributed by atoms with van der Waals surface area (Å²) in [7, 11) is -1.65. The summed E-state index contributed by atoms with van der Waals surface area (Å²) in [6, 6.07) is 6.21. The van der Waals surface area contributed by atoms with Gasteiger partial charge in [0.2, 0.25) is 0 Å². The molecule has 1 aliphatic heterocycles. The molecule has 2 fully saturated rings. The average Bonchev–Trinajstić information content (AvgIpc) is 3.46. The van der Waals surface area contributed by atoms with Crippen LogP contribution >= 0.6 is 11.3 Å². The second kappa shape index (κ2) is 12.2. The predicted molar refractivity (Wildman–Crippen MR) is 137 cm³/mol. The van der Waals surface area contributed by atoms with Crippen molar-refractivity contribution in [3.63, 3.8) is 0 Å². The number of nitrogens with one attached hydrogen (secondary N) is 1. The summed E-state index contributed by atoms with van der Waals surface area (Å²) in [5.74, 6) is -0.487. The maximum Gasteiger partial charge on any atom is 0.280 e. The molecular weight excluding hydrogens is 504 g/mol. The summed E-state index contributed by atoms with van der Waals surface area (Å²) in [5.41, 5.74) is 0.499. The molecule has 1 atom stereocenters. The first-order valence-electron chi connectivity index (χ1n) is 12.0. The molecule has 36 heavy (non-hydrogen) atoms. The van der Waals surface area contributed by atoms with Crippen molar-refractivity contribution in [3.8, 4) is 0 Å². The number of rotatable bonds is 13. The second-order valence-electron chi connectivity index (χ2n) is 8.75. The number of benzene rings is 1. The number of amides is 1. The lowest BCUT2D eigenvalue weighted by Gasteiger charge is -2.18. The molecule has 0 unspecified atom stereocenters. The number of aromatic nitrogens is 1. The molecule has 0 spiro atoms. The highest BCUT2D eigenvalue weighted by Gasteiger charge is 2.36. The van der Waals surface area contributed by atoms with Gasteiger partial charge in [-0.3, -0.25) is 15.0 Å². The van der Waals surface area contributed by atoms with Crippen molar-refractivity contribution < 1.29 is 27.5 Å². The fraction of sp³-hybridized carbons (Fsp3) is 0.542. The molecule has 1 aromatic heterocycles. The van der Waals surface area contributed by atoms with E-state index in [4.69, 9.17) is 14.3 Å². The van der Waals surface area contributed by atoms with Crippen LogP contribution in [0.3, 0.4) is 0 Å². The SMILES string of the molecule is CCN(CCOC)Cc1cnc(NC(=O)C(=NO[C@@H]2CCOC2)c2ccc(S(=O)(=O)C3CC3)cc2)s1. The molecule has 1 aliphatic carbocycles. The van der Waals surface area contributed by atoms with Crippen molar-refractivity contribution >= 4 is 37.9 Å². The number of hydrogen-bond acceptors (Lipinski definition) is 10. The Kier molecular flexibility index (Phi) is 9.07. The maximum atomic E-state index is 13.2. The van der Waals surface area contributed by atoms with Crippen molar-refractivity contribution in [2.24, 2.45) is 5.16 Å². The third-order valence-corrected chi connectivity index (χ3v) is 9.20. The number of likely N-dealkylation sites (N-methyl/N-ethyl adjacent to an activating group) is 1. The van der Waals surface area contributed by atoms with Crippen molar-refractivity contribution in [2.45, 2.75) is 49.0 Å². The minimum absolute atomic E-state index is 0.0456. The topological polar surface area (TPSA) is 119 Å². The minimum atomic E-state index is -3.33. The van der Waals surface area contributed by atoms with Crippen LogP contribution in [0.5, 0.6) is 0 Å². The van der Waals surface area contributed by atoms with Crippen molar-refractivity contribution in [3.05, 3.63) is 40.9 Å². The van der Waals surface area contributed by atoms with Crippen LogP contribution in [-0.2, 0) is 35.5 Å². The van der Waals surface area contributed by atoms with Gasteiger partial charge in [0.1, 0.15) is 0 Å². The number of anilines is 1. The van der Waals surface area contributed by atoms with Crippen LogP contribution < -0.4 is 5.32 Å². The van der Waals surface area contributed by atoms with E-state index in [9.17, 15) is 13.2 Å². The van der Waals surface area contributed by atoms with Gasteiger partial charge in [0.05, 0.1) is 30.0 Å². The highest BCUT2D eigenvalue weighted by atomic mass is 32.2. The van der Waals surface area contributed by atoms with Crippen molar-refractivity contribution in [1.29, 1.82) is 0 Å². The van der Waals surface area contributed by atoms with E-state index >= 15 is 0 Å². The highest BCUT2D eigenvalue weighted by molar-refractivity contribution is 7.92. The second-order valence-corrected chi connectivity index (χ2v) is 12.1. The van der Waals surface area contributed by atoms with Gasteiger partial charge in [-0.25, -0.2) is 13.4 Å². The zero-order chi connectivity index (χ0) is 25.5. The Morgan fingerprint density at radius 1 is 1.28 bits per heavy atom. The van der Waals surface area contributed by atoms with E-state index in [-0.39, 0.29) is 22.0 Å². The number of hydrogen-bond donors (Lipinski definition) is 1. The third-order valence-electron chi connectivity index (χ3n) is 6.03. The van der Waals surface area contributed by atoms with Crippen LogP contribution in [0.1, 0.15) is 36.6 Å². The molecule has 1 saturated heterocycles. The van der Waals surface area contributed by atoms with Crippen molar-refractivity contribution in [1.82, 2.24) is 9.88 Å². The van der Waals surface area contributed by atoms with Crippen LogP contribution in [0.4, 0.5) is 5.13 Å². The molecule has 10 nitrogen and oxygen atoms in total. The van der Waals surface area contributed by atoms with E-state index in [1.807, 2.05) is 0 Å². The maximum absolute atomic E-state index is 13.2. The highest BCUT2D eigenvalue weighted by Crippen LogP contribution is 2.33. The van der Waals surface area contributed by atoms with Crippen molar-refractivity contribution in [2.75, 3.05) is 45.3 Å². The largest absolute Gasteiger partial charge is 0.389 e. The minimum Gasteiger partial charge on any atom is -0.389 e. The zero-order valence-electron chi connectivity index (χ0n) is 20.5. The average molecular weight is 537 g/mol. The molecule has 196 valence electrons. The molecule has 12 heteroatoms. The number of sulfone groups is 1. The van der Waals surface area contributed by atoms with Gasteiger partial charge in [0, 0.05) is 43.3 Å². The first-order valence-corrected chi connectivity index (χ1v) is 14.4. The molecule has 1 N–H and O–H groups in total. The summed E-state index contributed by atoms with van der Waals surface area (Å²) in [6.07, 6.45) is 3.57. The summed E-state index contributed by atoms with van der Waals surface area (Å²) < 4.78 is 35.6. The predicted octanol–water partition coefficient (Wildman–Crippen LogP) is 2.70. The Morgan fingerprint density at radius 2 is 2.06 bits per heavy atom. The molecule has 0 bridgehead atoms. The molecule has 2 heterocycles. The smallest absolute Gasteiger partial charge is 0.280 e. The lowest BCUT2D eigenvalue weighted by Crippen LogP contribution is -2.26. The van der Waals surface area contributed by atoms with Gasteiger partial charge in [-0.1, -0.05) is 24.2 Å². The van der Waals surface area contributed by atoms with Crippen LogP contribution in [0.2, 0.25) is 0 Å². The van der Waals surface area contributed by atoms with E-state index in [0.717, 1.165) is 18.0 Å². The monoisotopic (exact) mass is 536 g/mol. The standard InChI is InChI=1S/C24H32N4O6S2/c1-3-28(11-13-32-2)15-19-14-25-24(35-19)26-23(29)22(27-34-18-10-12-33-16-18)17-4-6-20(7-5-17)36(30,31)21-8-9-21/h4-7,14,18,21H,3,8-13,15-16H2,1-2H3,(H,25,26,29)/t18-/m1/s1. The summed E-state index contributed by atoms with van der Waals surface area (Å²) in [5, 5.41) is 7.10. The van der Waals surface area contributed by atoms with Crippen LogP contribution in [-0.4, -0.2) is 81.3 Å².